The molecule has 1 N–H and O–H groups in total. The van der Waals surface area contributed by atoms with Crippen LogP contribution >= 0.6 is 11.3 Å². The molecule has 4 heteroatoms. The third-order valence-electron chi connectivity index (χ3n) is 2.80. The second-order valence-electron chi connectivity index (χ2n) is 4.19. The molecule has 0 unspecified atom stereocenters. The van der Waals surface area contributed by atoms with E-state index in [0.717, 1.165) is 19.5 Å². The molecule has 2 heterocycles. The van der Waals surface area contributed by atoms with Crippen molar-refractivity contribution in [2.45, 2.75) is 13.0 Å². The average molecular weight is 262 g/mol. The normalized spacial score (nSPS) is 11.0. The number of hydrogen-bond acceptors (Lipinski definition) is 4. The molecular weight excluding hydrogens is 244 g/mol. The zero-order valence-corrected chi connectivity index (χ0v) is 11.1. The fourth-order valence-electron chi connectivity index (χ4n) is 1.88. The number of hydrogen-bond donors (Lipinski definition) is 1. The van der Waals surface area contributed by atoms with Crippen LogP contribution in [0.4, 0.5) is 0 Å². The maximum Gasteiger partial charge on any atom is 0.0558 e. The molecule has 96 valence electrons. The van der Waals surface area contributed by atoms with E-state index in [-0.39, 0.29) is 6.61 Å². The van der Waals surface area contributed by atoms with Crippen molar-refractivity contribution < 1.29 is 5.11 Å². The molecule has 3 nitrogen and oxygen atoms in total. The highest BCUT2D eigenvalue weighted by molar-refractivity contribution is 7.09. The Kier molecular flexibility index (Phi) is 5.33. The van der Waals surface area contributed by atoms with E-state index in [1.54, 1.807) is 17.5 Å². The maximum absolute atomic E-state index is 9.12. The molecular formula is C14H18N2OS. The van der Waals surface area contributed by atoms with Gasteiger partial charge in [0.1, 0.15) is 0 Å². The van der Waals surface area contributed by atoms with Crippen molar-refractivity contribution in [3.05, 3.63) is 52.5 Å². The Hall–Kier alpha value is -1.23. The van der Waals surface area contributed by atoms with Crippen molar-refractivity contribution in [3.8, 4) is 0 Å². The summed E-state index contributed by atoms with van der Waals surface area (Å²) in [4.78, 5) is 7.77. The van der Waals surface area contributed by atoms with Gasteiger partial charge in [-0.3, -0.25) is 9.88 Å². The number of aliphatic hydroxyl groups excluding tert-OH is 1. The van der Waals surface area contributed by atoms with Crippen LogP contribution in [0.1, 0.15) is 10.4 Å². The minimum Gasteiger partial charge on any atom is -0.395 e. The zero-order chi connectivity index (χ0) is 12.6. The van der Waals surface area contributed by atoms with Gasteiger partial charge in [-0.05, 0) is 29.5 Å². The van der Waals surface area contributed by atoms with Gasteiger partial charge in [0.25, 0.3) is 0 Å². The maximum atomic E-state index is 9.12. The standard InChI is InChI=1S/C14H18N2OS/c17-9-8-16(7-5-14-4-2-10-18-14)12-13-3-1-6-15-11-13/h1-4,6,10-11,17H,5,7-9,12H2. The number of rotatable bonds is 7. The SMILES string of the molecule is OCCN(CCc1cccs1)Cc1cccnc1. The quantitative estimate of drug-likeness (QED) is 0.831. The Morgan fingerprint density at radius 3 is 2.83 bits per heavy atom. The van der Waals surface area contributed by atoms with Gasteiger partial charge in [-0.2, -0.15) is 0 Å². The molecule has 0 aliphatic rings. The predicted molar refractivity (Wildman–Crippen MR) is 74.6 cm³/mol. The highest BCUT2D eigenvalue weighted by Crippen LogP contribution is 2.11. The fourth-order valence-corrected chi connectivity index (χ4v) is 2.58. The highest BCUT2D eigenvalue weighted by atomic mass is 32.1. The zero-order valence-electron chi connectivity index (χ0n) is 10.3. The Morgan fingerprint density at radius 2 is 2.17 bits per heavy atom. The summed E-state index contributed by atoms with van der Waals surface area (Å²) in [6, 6.07) is 8.26. The fraction of sp³-hybridized carbons (Fsp3) is 0.357. The van der Waals surface area contributed by atoms with Crippen molar-refractivity contribution >= 4 is 11.3 Å². The average Bonchev–Trinajstić information content (AvgIpc) is 2.91. The molecule has 0 atom stereocenters. The lowest BCUT2D eigenvalue weighted by molar-refractivity contribution is 0.192. The first-order chi connectivity index (χ1) is 8.88. The van der Waals surface area contributed by atoms with Crippen LogP contribution < -0.4 is 0 Å². The van der Waals surface area contributed by atoms with Gasteiger partial charge in [-0.1, -0.05) is 12.1 Å². The molecule has 0 fully saturated rings. The predicted octanol–water partition coefficient (Wildman–Crippen LogP) is 2.18. The lowest BCUT2D eigenvalue weighted by atomic mass is 10.2. The summed E-state index contributed by atoms with van der Waals surface area (Å²) >= 11 is 1.79. The van der Waals surface area contributed by atoms with Crippen LogP contribution in [0.3, 0.4) is 0 Å². The van der Waals surface area contributed by atoms with E-state index in [4.69, 9.17) is 5.11 Å². The molecule has 0 saturated heterocycles. The Bertz CT molecular complexity index is 430. The van der Waals surface area contributed by atoms with Gasteiger partial charge in [0.05, 0.1) is 6.61 Å². The first-order valence-corrected chi connectivity index (χ1v) is 7.01. The summed E-state index contributed by atoms with van der Waals surface area (Å²) < 4.78 is 0. The van der Waals surface area contributed by atoms with E-state index in [1.807, 2.05) is 12.3 Å². The molecule has 0 bridgehead atoms. The highest BCUT2D eigenvalue weighted by Gasteiger charge is 2.06. The van der Waals surface area contributed by atoms with Crippen LogP contribution in [0.5, 0.6) is 0 Å². The van der Waals surface area contributed by atoms with Crippen LogP contribution in [-0.4, -0.2) is 34.7 Å². The van der Waals surface area contributed by atoms with Gasteiger partial charge in [0.2, 0.25) is 0 Å². The molecule has 2 aromatic rings. The first kappa shape index (κ1) is 13.2. The summed E-state index contributed by atoms with van der Waals surface area (Å²) in [6.07, 6.45) is 4.71. The first-order valence-electron chi connectivity index (χ1n) is 6.13. The van der Waals surface area contributed by atoms with E-state index in [1.165, 1.54) is 10.4 Å². The lowest BCUT2D eigenvalue weighted by Gasteiger charge is -2.20. The van der Waals surface area contributed by atoms with Crippen LogP contribution in [0.2, 0.25) is 0 Å². The molecule has 0 spiro atoms. The van der Waals surface area contributed by atoms with Gasteiger partial charge in [0, 0.05) is 36.9 Å². The van der Waals surface area contributed by atoms with Crippen molar-refractivity contribution in [2.75, 3.05) is 19.7 Å². The van der Waals surface area contributed by atoms with Gasteiger partial charge < -0.3 is 5.11 Å². The van der Waals surface area contributed by atoms with Crippen LogP contribution in [-0.2, 0) is 13.0 Å². The molecule has 0 aliphatic carbocycles. The molecule has 0 radical (unpaired) electrons. The Balaban J connectivity index is 1.87. The van der Waals surface area contributed by atoms with Crippen LogP contribution in [0, 0.1) is 0 Å². The Morgan fingerprint density at radius 1 is 1.22 bits per heavy atom. The molecule has 2 aromatic heterocycles. The molecule has 18 heavy (non-hydrogen) atoms. The lowest BCUT2D eigenvalue weighted by Crippen LogP contribution is -2.28. The minimum atomic E-state index is 0.199. The van der Waals surface area contributed by atoms with Crippen molar-refractivity contribution in [1.29, 1.82) is 0 Å². The topological polar surface area (TPSA) is 36.4 Å². The molecule has 0 amide bonds. The monoisotopic (exact) mass is 262 g/mol. The molecule has 0 aliphatic heterocycles. The summed E-state index contributed by atoms with van der Waals surface area (Å²) in [6.45, 7) is 2.72. The summed E-state index contributed by atoms with van der Waals surface area (Å²) in [5.41, 5.74) is 1.19. The number of thiophene rings is 1. The van der Waals surface area contributed by atoms with Crippen LogP contribution in [0.25, 0.3) is 0 Å². The van der Waals surface area contributed by atoms with Gasteiger partial charge in [-0.15, -0.1) is 11.3 Å². The smallest absolute Gasteiger partial charge is 0.0558 e. The summed E-state index contributed by atoms with van der Waals surface area (Å²) in [7, 11) is 0. The third kappa shape index (κ3) is 4.22. The third-order valence-corrected chi connectivity index (χ3v) is 3.74. The Labute approximate surface area is 112 Å². The van der Waals surface area contributed by atoms with Gasteiger partial charge >= 0.3 is 0 Å². The van der Waals surface area contributed by atoms with Crippen molar-refractivity contribution in [2.24, 2.45) is 0 Å². The molecule has 0 aromatic carbocycles. The van der Waals surface area contributed by atoms with E-state index in [0.29, 0.717) is 6.54 Å². The van der Waals surface area contributed by atoms with E-state index < -0.39 is 0 Å². The number of aliphatic hydroxyl groups is 1. The van der Waals surface area contributed by atoms with Crippen molar-refractivity contribution in [1.82, 2.24) is 9.88 Å². The van der Waals surface area contributed by atoms with Gasteiger partial charge in [0.15, 0.2) is 0 Å². The van der Waals surface area contributed by atoms with E-state index in [2.05, 4.69) is 33.5 Å². The second kappa shape index (κ2) is 7.26. The van der Waals surface area contributed by atoms with E-state index in [9.17, 15) is 0 Å². The van der Waals surface area contributed by atoms with Crippen molar-refractivity contribution in [3.63, 3.8) is 0 Å². The number of aromatic nitrogens is 1. The molecule has 2 rings (SSSR count). The molecule has 0 saturated carbocycles. The number of nitrogens with zero attached hydrogens (tertiary/aromatic N) is 2. The second-order valence-corrected chi connectivity index (χ2v) is 5.22. The van der Waals surface area contributed by atoms with Gasteiger partial charge in [-0.25, -0.2) is 0 Å². The summed E-state index contributed by atoms with van der Waals surface area (Å²) in [5, 5.41) is 11.2. The summed E-state index contributed by atoms with van der Waals surface area (Å²) in [5.74, 6) is 0. The minimum absolute atomic E-state index is 0.199. The largest absolute Gasteiger partial charge is 0.395 e. The number of pyridine rings is 1. The van der Waals surface area contributed by atoms with Crippen LogP contribution in [0.15, 0.2) is 42.0 Å². The van der Waals surface area contributed by atoms with E-state index >= 15 is 0 Å².